The van der Waals surface area contributed by atoms with E-state index in [1.54, 1.807) is 0 Å². The second-order valence-electron chi connectivity index (χ2n) is 7.09. The Bertz CT molecular complexity index is 353. The molecular formula is C19H34O4. The van der Waals surface area contributed by atoms with Gasteiger partial charge < -0.3 is 10.2 Å². The first-order valence-electron chi connectivity index (χ1n) is 9.52. The average Bonchev–Trinajstić information content (AvgIpc) is 3.18. The molecule has 0 radical (unpaired) electrons. The van der Waals surface area contributed by atoms with Crippen LogP contribution in [0.2, 0.25) is 0 Å². The second-order valence-corrected chi connectivity index (χ2v) is 7.09. The fourth-order valence-electron chi connectivity index (χ4n) is 3.78. The Morgan fingerprint density at radius 3 is 1.70 bits per heavy atom. The Balaban J connectivity index is 2.04. The molecule has 0 amide bonds. The zero-order chi connectivity index (χ0) is 17.1. The van der Waals surface area contributed by atoms with Crippen LogP contribution in [0.4, 0.5) is 0 Å². The van der Waals surface area contributed by atoms with Crippen LogP contribution in [0.5, 0.6) is 0 Å². The van der Waals surface area contributed by atoms with E-state index in [9.17, 15) is 14.7 Å². The van der Waals surface area contributed by atoms with Crippen molar-refractivity contribution in [2.45, 2.75) is 90.4 Å². The van der Waals surface area contributed by atoms with Crippen molar-refractivity contribution in [1.82, 2.24) is 0 Å². The minimum absolute atomic E-state index is 0.160. The highest BCUT2D eigenvalue weighted by Crippen LogP contribution is 2.52. The van der Waals surface area contributed by atoms with E-state index in [4.69, 9.17) is 5.11 Å². The quantitative estimate of drug-likeness (QED) is 0.410. The van der Waals surface area contributed by atoms with Crippen LogP contribution in [-0.4, -0.2) is 22.2 Å². The summed E-state index contributed by atoms with van der Waals surface area (Å²) in [6.07, 6.45) is 14.1. The minimum atomic E-state index is -0.784. The maximum absolute atomic E-state index is 11.2. The van der Waals surface area contributed by atoms with E-state index < -0.39 is 11.9 Å². The third-order valence-electron chi connectivity index (χ3n) is 5.19. The molecule has 3 unspecified atom stereocenters. The molecule has 4 nitrogen and oxygen atoms in total. The van der Waals surface area contributed by atoms with E-state index in [2.05, 4.69) is 6.92 Å². The van der Waals surface area contributed by atoms with Crippen LogP contribution in [0, 0.1) is 17.8 Å². The predicted molar refractivity (Wildman–Crippen MR) is 91.4 cm³/mol. The van der Waals surface area contributed by atoms with Crippen molar-refractivity contribution in [1.29, 1.82) is 0 Å². The maximum atomic E-state index is 11.2. The lowest BCUT2D eigenvalue weighted by Gasteiger charge is -2.02. The molecule has 0 bridgehead atoms. The van der Waals surface area contributed by atoms with Crippen LogP contribution in [0.3, 0.4) is 0 Å². The van der Waals surface area contributed by atoms with Crippen LogP contribution >= 0.6 is 0 Å². The molecule has 0 aromatic rings. The third kappa shape index (κ3) is 8.38. The molecule has 0 aliphatic heterocycles. The molecule has 2 N–H and O–H groups in total. The summed E-state index contributed by atoms with van der Waals surface area (Å²) in [6.45, 7) is 2.23. The minimum Gasteiger partial charge on any atom is -0.481 e. The summed E-state index contributed by atoms with van der Waals surface area (Å²) in [4.78, 5) is 21.8. The highest BCUT2D eigenvalue weighted by atomic mass is 16.4. The second kappa shape index (κ2) is 11.5. The maximum Gasteiger partial charge on any atom is 0.307 e. The van der Waals surface area contributed by atoms with Crippen molar-refractivity contribution >= 4 is 11.9 Å². The first kappa shape index (κ1) is 20.0. The van der Waals surface area contributed by atoms with Crippen LogP contribution < -0.4 is 0 Å². The Morgan fingerprint density at radius 1 is 0.739 bits per heavy atom. The van der Waals surface area contributed by atoms with Gasteiger partial charge in [0.15, 0.2) is 0 Å². The number of unbranched alkanes of at least 4 members (excludes halogenated alkanes) is 8. The van der Waals surface area contributed by atoms with Gasteiger partial charge >= 0.3 is 11.9 Å². The molecule has 3 atom stereocenters. The summed E-state index contributed by atoms with van der Waals surface area (Å²) in [5, 5.41) is 17.9. The summed E-state index contributed by atoms with van der Waals surface area (Å²) in [6, 6.07) is 0. The number of carboxylic acids is 2. The molecule has 1 rings (SSSR count). The highest BCUT2D eigenvalue weighted by Gasteiger charge is 2.53. The molecule has 23 heavy (non-hydrogen) atoms. The Hall–Kier alpha value is -1.06. The van der Waals surface area contributed by atoms with Gasteiger partial charge in [0.1, 0.15) is 0 Å². The zero-order valence-electron chi connectivity index (χ0n) is 14.6. The lowest BCUT2D eigenvalue weighted by atomic mass is 10.0. The smallest absolute Gasteiger partial charge is 0.307 e. The summed E-state index contributed by atoms with van der Waals surface area (Å²) in [7, 11) is 0. The molecule has 1 aliphatic carbocycles. The lowest BCUT2D eigenvalue weighted by Crippen LogP contribution is -2.01. The van der Waals surface area contributed by atoms with Gasteiger partial charge in [-0.3, -0.25) is 9.59 Å². The number of hydrogen-bond donors (Lipinski definition) is 2. The number of hydrogen-bond acceptors (Lipinski definition) is 2. The van der Waals surface area contributed by atoms with Gasteiger partial charge in [0.05, 0.1) is 5.92 Å². The molecule has 0 aromatic carbocycles. The Morgan fingerprint density at radius 2 is 1.22 bits per heavy atom. The number of rotatable bonds is 15. The van der Waals surface area contributed by atoms with Crippen LogP contribution in [0.1, 0.15) is 90.4 Å². The molecule has 1 fully saturated rings. The van der Waals surface area contributed by atoms with Gasteiger partial charge in [-0.2, -0.15) is 0 Å². The van der Waals surface area contributed by atoms with Crippen molar-refractivity contribution in [3.63, 3.8) is 0 Å². The molecule has 1 saturated carbocycles. The van der Waals surface area contributed by atoms with E-state index in [1.807, 2.05) is 0 Å². The van der Waals surface area contributed by atoms with E-state index in [0.29, 0.717) is 12.3 Å². The molecule has 0 aromatic heterocycles. The molecular weight excluding hydrogens is 292 g/mol. The van der Waals surface area contributed by atoms with Crippen LogP contribution in [0.25, 0.3) is 0 Å². The topological polar surface area (TPSA) is 74.6 Å². The fourth-order valence-corrected chi connectivity index (χ4v) is 3.78. The molecule has 134 valence electrons. The van der Waals surface area contributed by atoms with E-state index in [0.717, 1.165) is 19.3 Å². The third-order valence-corrected chi connectivity index (χ3v) is 5.19. The van der Waals surface area contributed by atoms with E-state index in [1.165, 1.54) is 51.4 Å². The highest BCUT2D eigenvalue weighted by molar-refractivity contribution is 5.74. The predicted octanol–water partition coefficient (Wildman–Crippen LogP) is 5.11. The monoisotopic (exact) mass is 326 g/mol. The average molecular weight is 326 g/mol. The molecule has 1 aliphatic rings. The standard InChI is InChI=1S/C19H34O4/c1-2-3-4-5-6-7-8-9-10-12-15-16(18(15)19(22)23)13-11-14-17(20)21/h15-16,18H,2-14H2,1H3,(H,20,21)(H,22,23). The van der Waals surface area contributed by atoms with Crippen LogP contribution in [0.15, 0.2) is 0 Å². The number of carboxylic acid groups (broad SMARTS) is 2. The SMILES string of the molecule is CCCCCCCCCCCC1C(CCCC(=O)O)C1C(=O)O. The van der Waals surface area contributed by atoms with Gasteiger partial charge in [-0.1, -0.05) is 64.7 Å². The van der Waals surface area contributed by atoms with Gasteiger partial charge in [-0.05, 0) is 31.1 Å². The number of aliphatic carboxylic acids is 2. The summed E-state index contributed by atoms with van der Waals surface area (Å²) in [5.41, 5.74) is 0. The first-order chi connectivity index (χ1) is 11.1. The first-order valence-corrected chi connectivity index (χ1v) is 9.52. The van der Waals surface area contributed by atoms with Gasteiger partial charge in [-0.15, -0.1) is 0 Å². The van der Waals surface area contributed by atoms with Crippen LogP contribution in [-0.2, 0) is 9.59 Å². The Kier molecular flexibility index (Phi) is 9.97. The fraction of sp³-hybridized carbons (Fsp3) is 0.895. The van der Waals surface area contributed by atoms with Crippen molar-refractivity contribution < 1.29 is 19.8 Å². The van der Waals surface area contributed by atoms with Crippen molar-refractivity contribution in [3.8, 4) is 0 Å². The number of carbonyl (C=O) groups is 2. The molecule has 4 heteroatoms. The Labute approximate surface area is 140 Å². The van der Waals surface area contributed by atoms with Gasteiger partial charge in [0, 0.05) is 6.42 Å². The zero-order valence-corrected chi connectivity index (χ0v) is 14.6. The van der Waals surface area contributed by atoms with Crippen molar-refractivity contribution in [3.05, 3.63) is 0 Å². The van der Waals surface area contributed by atoms with Gasteiger partial charge in [0.25, 0.3) is 0 Å². The van der Waals surface area contributed by atoms with Crippen molar-refractivity contribution in [2.24, 2.45) is 17.8 Å². The van der Waals surface area contributed by atoms with E-state index >= 15 is 0 Å². The summed E-state index contributed by atoms with van der Waals surface area (Å²) < 4.78 is 0. The van der Waals surface area contributed by atoms with Gasteiger partial charge in [0.2, 0.25) is 0 Å². The lowest BCUT2D eigenvalue weighted by molar-refractivity contribution is -0.139. The molecule has 0 saturated heterocycles. The molecule has 0 spiro atoms. The summed E-state index contributed by atoms with van der Waals surface area (Å²) in [5.74, 6) is -1.16. The summed E-state index contributed by atoms with van der Waals surface area (Å²) >= 11 is 0. The van der Waals surface area contributed by atoms with Gasteiger partial charge in [-0.25, -0.2) is 0 Å². The van der Waals surface area contributed by atoms with E-state index in [-0.39, 0.29) is 18.3 Å². The molecule has 0 heterocycles. The van der Waals surface area contributed by atoms with Crippen molar-refractivity contribution in [2.75, 3.05) is 0 Å². The largest absolute Gasteiger partial charge is 0.481 e. The normalized spacial score (nSPS) is 22.9.